The quantitative estimate of drug-likeness (QED) is 0.635. The zero-order valence-electron chi connectivity index (χ0n) is 17.8. The first-order chi connectivity index (χ1) is 14.9. The highest BCUT2D eigenvalue weighted by Gasteiger charge is 2.47. The van der Waals surface area contributed by atoms with Crippen molar-refractivity contribution in [1.82, 2.24) is 14.9 Å². The van der Waals surface area contributed by atoms with Crippen LogP contribution in [0, 0.1) is 13.8 Å². The molecule has 3 heterocycles. The third-order valence-corrected chi connectivity index (χ3v) is 6.22. The molecule has 1 spiro atoms. The Hall–Kier alpha value is -3.48. The van der Waals surface area contributed by atoms with E-state index >= 15 is 0 Å². The molecule has 7 heteroatoms. The van der Waals surface area contributed by atoms with E-state index in [1.165, 1.54) is 0 Å². The predicted molar refractivity (Wildman–Crippen MR) is 115 cm³/mol. The van der Waals surface area contributed by atoms with Crippen LogP contribution in [0.5, 0.6) is 11.5 Å². The molecule has 1 amide bonds. The maximum Gasteiger partial charge on any atom is 0.254 e. The van der Waals surface area contributed by atoms with Crippen molar-refractivity contribution in [2.75, 3.05) is 20.2 Å². The molecule has 31 heavy (non-hydrogen) atoms. The number of carbonyl (C=O) groups is 2. The van der Waals surface area contributed by atoms with E-state index in [1.54, 1.807) is 42.3 Å². The number of carbonyl (C=O) groups excluding carboxylic acids is 2. The summed E-state index contributed by atoms with van der Waals surface area (Å²) in [5.41, 5.74) is 3.62. The molecular weight excluding hydrogens is 394 g/mol. The van der Waals surface area contributed by atoms with Gasteiger partial charge < -0.3 is 14.4 Å². The van der Waals surface area contributed by atoms with Gasteiger partial charge >= 0.3 is 0 Å². The number of fused-ring (bicyclic) bond motifs is 2. The van der Waals surface area contributed by atoms with Gasteiger partial charge in [-0.15, -0.1) is 0 Å². The van der Waals surface area contributed by atoms with Crippen LogP contribution in [0.2, 0.25) is 0 Å². The van der Waals surface area contributed by atoms with Gasteiger partial charge in [0.15, 0.2) is 5.78 Å². The Morgan fingerprint density at radius 2 is 1.87 bits per heavy atom. The highest BCUT2D eigenvalue weighted by Crippen LogP contribution is 2.40. The Morgan fingerprint density at radius 1 is 1.10 bits per heavy atom. The molecule has 158 valence electrons. The molecule has 2 aromatic carbocycles. The summed E-state index contributed by atoms with van der Waals surface area (Å²) < 4.78 is 11.5. The van der Waals surface area contributed by atoms with E-state index in [2.05, 4.69) is 9.97 Å². The van der Waals surface area contributed by atoms with Gasteiger partial charge in [0, 0.05) is 18.5 Å². The molecule has 1 saturated heterocycles. The summed E-state index contributed by atoms with van der Waals surface area (Å²) in [5, 5.41) is 0. The number of hydrogen-bond donors (Lipinski definition) is 0. The lowest BCUT2D eigenvalue weighted by molar-refractivity contribution is 0.0427. The summed E-state index contributed by atoms with van der Waals surface area (Å²) in [6, 6.07) is 10.7. The smallest absolute Gasteiger partial charge is 0.254 e. The number of ketones is 1. The Balaban J connectivity index is 1.39. The van der Waals surface area contributed by atoms with Gasteiger partial charge in [-0.05, 0) is 50.2 Å². The van der Waals surface area contributed by atoms with Gasteiger partial charge in [-0.1, -0.05) is 0 Å². The molecule has 0 N–H and O–H groups in total. The summed E-state index contributed by atoms with van der Waals surface area (Å²) in [4.78, 5) is 36.9. The van der Waals surface area contributed by atoms with E-state index in [0.29, 0.717) is 47.7 Å². The van der Waals surface area contributed by atoms with Gasteiger partial charge in [0.25, 0.3) is 5.91 Å². The topological polar surface area (TPSA) is 81.6 Å². The van der Waals surface area contributed by atoms with Crippen LogP contribution in [0.1, 0.15) is 44.9 Å². The van der Waals surface area contributed by atoms with E-state index in [4.69, 9.17) is 9.47 Å². The van der Waals surface area contributed by atoms with E-state index in [-0.39, 0.29) is 18.1 Å². The molecule has 0 bridgehead atoms. The van der Waals surface area contributed by atoms with E-state index in [9.17, 15) is 9.59 Å². The normalized spacial score (nSPS) is 20.1. The summed E-state index contributed by atoms with van der Waals surface area (Å²) in [6.07, 6.45) is 0.861. The fourth-order valence-electron chi connectivity index (χ4n) is 4.39. The fourth-order valence-corrected chi connectivity index (χ4v) is 4.39. The van der Waals surface area contributed by atoms with Crippen LogP contribution in [-0.2, 0) is 0 Å². The van der Waals surface area contributed by atoms with Gasteiger partial charge in [0.2, 0.25) is 0 Å². The molecule has 2 aliphatic rings. The SMILES string of the molecule is COc1ccc2c(c1)C(=O)CC1(CCN(C(=O)c3ccc4nc(C)c(C)nc4c3)C1)O2. The van der Waals surface area contributed by atoms with E-state index in [0.717, 1.165) is 16.9 Å². The Bertz CT molecular complexity index is 1240. The minimum absolute atomic E-state index is 0.0151. The van der Waals surface area contributed by atoms with Gasteiger partial charge in [-0.2, -0.15) is 0 Å². The second-order valence-electron chi connectivity index (χ2n) is 8.32. The molecule has 0 aliphatic carbocycles. The maximum atomic E-state index is 13.2. The number of benzene rings is 2. The van der Waals surface area contributed by atoms with E-state index in [1.807, 2.05) is 19.9 Å². The number of rotatable bonds is 2. The second-order valence-corrected chi connectivity index (χ2v) is 8.32. The van der Waals surface area contributed by atoms with Crippen LogP contribution < -0.4 is 9.47 Å². The highest BCUT2D eigenvalue weighted by atomic mass is 16.5. The van der Waals surface area contributed by atoms with Crippen molar-refractivity contribution in [3.05, 3.63) is 58.9 Å². The third-order valence-electron chi connectivity index (χ3n) is 6.22. The maximum absolute atomic E-state index is 13.2. The first kappa shape index (κ1) is 19.5. The van der Waals surface area contributed by atoms with Gasteiger partial charge in [0.1, 0.15) is 17.1 Å². The summed E-state index contributed by atoms with van der Waals surface area (Å²) in [7, 11) is 1.57. The molecule has 0 radical (unpaired) electrons. The number of aryl methyl sites for hydroxylation is 2. The minimum atomic E-state index is -0.682. The van der Waals surface area contributed by atoms with Crippen molar-refractivity contribution >= 4 is 22.7 Å². The molecular formula is C24H23N3O4. The largest absolute Gasteiger partial charge is 0.497 e. The molecule has 0 saturated carbocycles. The van der Waals surface area contributed by atoms with Crippen molar-refractivity contribution < 1.29 is 19.1 Å². The van der Waals surface area contributed by atoms with Crippen LogP contribution >= 0.6 is 0 Å². The number of Topliss-reactive ketones (excluding diaryl/α,β-unsaturated/α-hetero) is 1. The number of aromatic nitrogens is 2. The standard InChI is InChI=1S/C24H23N3O4/c1-14-15(2)26-20-10-16(4-6-19(20)25-14)23(29)27-9-8-24(13-27)12-21(28)18-11-17(30-3)5-7-22(18)31-24/h4-7,10-11H,8-9,12-13H2,1-3H3. The Kier molecular flexibility index (Phi) is 4.43. The molecule has 5 rings (SSSR count). The Morgan fingerprint density at radius 3 is 2.65 bits per heavy atom. The summed E-state index contributed by atoms with van der Waals surface area (Å²) in [5.74, 6) is 1.11. The van der Waals surface area contributed by atoms with Gasteiger partial charge in [-0.3, -0.25) is 9.59 Å². The lowest BCUT2D eigenvalue weighted by Crippen LogP contribution is -2.45. The van der Waals surface area contributed by atoms with Crippen molar-refractivity contribution in [3.63, 3.8) is 0 Å². The third kappa shape index (κ3) is 3.30. The monoisotopic (exact) mass is 417 g/mol. The zero-order chi connectivity index (χ0) is 21.8. The molecule has 2 aliphatic heterocycles. The van der Waals surface area contributed by atoms with Crippen LogP contribution in [0.15, 0.2) is 36.4 Å². The van der Waals surface area contributed by atoms with Crippen molar-refractivity contribution in [2.24, 2.45) is 0 Å². The average molecular weight is 417 g/mol. The lowest BCUT2D eigenvalue weighted by Gasteiger charge is -2.34. The number of likely N-dealkylation sites (tertiary alicyclic amines) is 1. The highest BCUT2D eigenvalue weighted by molar-refractivity contribution is 6.01. The number of hydrogen-bond acceptors (Lipinski definition) is 6. The summed E-state index contributed by atoms with van der Waals surface area (Å²) >= 11 is 0. The molecule has 3 aromatic rings. The van der Waals surface area contributed by atoms with E-state index < -0.39 is 5.60 Å². The number of amides is 1. The molecule has 7 nitrogen and oxygen atoms in total. The number of ether oxygens (including phenoxy) is 2. The van der Waals surface area contributed by atoms with Gasteiger partial charge in [0.05, 0.1) is 48.1 Å². The molecule has 1 aromatic heterocycles. The lowest BCUT2D eigenvalue weighted by atomic mass is 9.89. The zero-order valence-corrected chi connectivity index (χ0v) is 17.8. The Labute approximate surface area is 180 Å². The first-order valence-electron chi connectivity index (χ1n) is 10.3. The van der Waals surface area contributed by atoms with Crippen LogP contribution in [0.4, 0.5) is 0 Å². The van der Waals surface area contributed by atoms with Crippen LogP contribution in [0.25, 0.3) is 11.0 Å². The number of methoxy groups -OCH3 is 1. The van der Waals surface area contributed by atoms with Crippen molar-refractivity contribution in [1.29, 1.82) is 0 Å². The van der Waals surface area contributed by atoms with Crippen LogP contribution in [0.3, 0.4) is 0 Å². The van der Waals surface area contributed by atoms with Crippen molar-refractivity contribution in [3.8, 4) is 11.5 Å². The van der Waals surface area contributed by atoms with Crippen LogP contribution in [-0.4, -0.2) is 52.4 Å². The van der Waals surface area contributed by atoms with Gasteiger partial charge in [-0.25, -0.2) is 9.97 Å². The fraction of sp³-hybridized carbons (Fsp3) is 0.333. The molecule has 1 atom stereocenters. The molecule has 1 unspecified atom stereocenters. The predicted octanol–water partition coefficient (Wildman–Crippen LogP) is 3.51. The van der Waals surface area contributed by atoms with Crippen molar-refractivity contribution in [2.45, 2.75) is 32.3 Å². The first-order valence-corrected chi connectivity index (χ1v) is 10.3. The summed E-state index contributed by atoms with van der Waals surface area (Å²) in [6.45, 7) is 4.74. The molecule has 1 fully saturated rings. The minimum Gasteiger partial charge on any atom is -0.497 e. The second kappa shape index (κ2) is 7.04. The average Bonchev–Trinajstić information content (AvgIpc) is 3.16. The number of nitrogens with zero attached hydrogens (tertiary/aromatic N) is 3.